The second-order valence-electron chi connectivity index (χ2n) is 9.98. The molecule has 1 aliphatic heterocycles. The number of aromatic hydroxyl groups is 1. The van der Waals surface area contributed by atoms with Crippen LogP contribution < -0.4 is 19.5 Å². The Morgan fingerprint density at radius 3 is 2.41 bits per heavy atom. The molecule has 0 unspecified atom stereocenters. The van der Waals surface area contributed by atoms with E-state index in [1.165, 1.54) is 17.0 Å². The van der Waals surface area contributed by atoms with Crippen LogP contribution in [0.4, 0.5) is 0 Å². The Hall–Kier alpha value is -4.20. The maximum atomic E-state index is 14.2. The van der Waals surface area contributed by atoms with Gasteiger partial charge in [0.2, 0.25) is 12.0 Å². The number of hydrogen-bond donors (Lipinski definition) is 2. The number of carbonyl (C=O) groups is 2. The molecule has 2 aliphatic rings. The molecular formula is C31H34N2O6. The largest absolute Gasteiger partial charge is 0.508 e. The van der Waals surface area contributed by atoms with Gasteiger partial charge in [-0.2, -0.15) is 0 Å². The van der Waals surface area contributed by atoms with Gasteiger partial charge >= 0.3 is 0 Å². The lowest BCUT2D eigenvalue weighted by molar-refractivity contribution is -0.149. The van der Waals surface area contributed by atoms with Crippen molar-refractivity contribution in [2.45, 2.75) is 56.8 Å². The minimum absolute atomic E-state index is 0.0187. The van der Waals surface area contributed by atoms with Crippen LogP contribution in [0.15, 0.2) is 72.8 Å². The third-order valence-electron chi connectivity index (χ3n) is 7.32. The molecule has 0 bridgehead atoms. The third-order valence-corrected chi connectivity index (χ3v) is 7.32. The fraction of sp³-hybridized carbons (Fsp3) is 0.355. The van der Waals surface area contributed by atoms with E-state index in [-0.39, 0.29) is 36.8 Å². The van der Waals surface area contributed by atoms with Crippen molar-refractivity contribution in [1.82, 2.24) is 10.2 Å². The fourth-order valence-electron chi connectivity index (χ4n) is 5.30. The van der Waals surface area contributed by atoms with E-state index in [1.54, 1.807) is 31.4 Å². The number of phenols is 1. The van der Waals surface area contributed by atoms with E-state index >= 15 is 0 Å². The van der Waals surface area contributed by atoms with Gasteiger partial charge in [0.1, 0.15) is 24.1 Å². The van der Waals surface area contributed by atoms with Crippen molar-refractivity contribution in [3.63, 3.8) is 0 Å². The number of methoxy groups -OCH3 is 1. The van der Waals surface area contributed by atoms with Crippen LogP contribution in [0.5, 0.6) is 23.0 Å². The van der Waals surface area contributed by atoms with E-state index in [1.807, 2.05) is 36.4 Å². The number of nitrogens with zero attached hydrogens (tertiary/aromatic N) is 1. The SMILES string of the molecule is COc1ccccc1CN(C(=O)[C@H]1COc2ccccc2O1)[C@@H](C(=O)NC1CCCCC1)c1ccc(O)cc1. The summed E-state index contributed by atoms with van der Waals surface area (Å²) in [7, 11) is 1.58. The molecule has 1 heterocycles. The highest BCUT2D eigenvalue weighted by atomic mass is 16.6. The van der Waals surface area contributed by atoms with E-state index in [9.17, 15) is 14.7 Å². The Morgan fingerprint density at radius 1 is 0.974 bits per heavy atom. The molecule has 39 heavy (non-hydrogen) atoms. The highest BCUT2D eigenvalue weighted by Crippen LogP contribution is 2.34. The second kappa shape index (κ2) is 12.1. The average Bonchev–Trinajstić information content (AvgIpc) is 2.98. The number of phenolic OH excluding ortho intramolecular Hbond substituents is 1. The maximum absolute atomic E-state index is 14.2. The van der Waals surface area contributed by atoms with Crippen molar-refractivity contribution in [1.29, 1.82) is 0 Å². The summed E-state index contributed by atoms with van der Waals surface area (Å²) in [6.07, 6.45) is 4.15. The molecule has 0 aromatic heterocycles. The highest BCUT2D eigenvalue weighted by molar-refractivity contribution is 5.91. The molecule has 1 fully saturated rings. The van der Waals surface area contributed by atoms with Gasteiger partial charge in [0.05, 0.1) is 13.7 Å². The molecular weight excluding hydrogens is 496 g/mol. The predicted molar refractivity (Wildman–Crippen MR) is 146 cm³/mol. The first-order chi connectivity index (χ1) is 19.0. The number of para-hydroxylation sites is 3. The molecule has 204 valence electrons. The van der Waals surface area contributed by atoms with E-state index < -0.39 is 12.1 Å². The zero-order chi connectivity index (χ0) is 27.2. The van der Waals surface area contributed by atoms with Crippen LogP contribution in [-0.4, -0.2) is 47.7 Å². The third kappa shape index (κ3) is 6.11. The van der Waals surface area contributed by atoms with Crippen LogP contribution in [0.25, 0.3) is 0 Å². The van der Waals surface area contributed by atoms with Crippen molar-refractivity contribution in [3.05, 3.63) is 83.9 Å². The fourth-order valence-corrected chi connectivity index (χ4v) is 5.30. The van der Waals surface area contributed by atoms with Crippen molar-refractivity contribution < 1.29 is 28.9 Å². The van der Waals surface area contributed by atoms with Crippen LogP contribution >= 0.6 is 0 Å². The first-order valence-electron chi connectivity index (χ1n) is 13.4. The van der Waals surface area contributed by atoms with Gasteiger partial charge in [-0.15, -0.1) is 0 Å². The minimum atomic E-state index is -0.967. The summed E-state index contributed by atoms with van der Waals surface area (Å²) in [6.45, 7) is 0.124. The normalized spacial score (nSPS) is 17.6. The minimum Gasteiger partial charge on any atom is -0.508 e. The van der Waals surface area contributed by atoms with Gasteiger partial charge in [0.15, 0.2) is 11.5 Å². The zero-order valence-electron chi connectivity index (χ0n) is 22.0. The highest BCUT2D eigenvalue weighted by Gasteiger charge is 2.39. The molecule has 0 radical (unpaired) electrons. The summed E-state index contributed by atoms with van der Waals surface area (Å²) in [5.41, 5.74) is 1.33. The van der Waals surface area contributed by atoms with Crippen LogP contribution in [-0.2, 0) is 16.1 Å². The van der Waals surface area contributed by atoms with Gasteiger partial charge in [0, 0.05) is 11.6 Å². The maximum Gasteiger partial charge on any atom is 0.268 e. The first kappa shape index (κ1) is 26.4. The summed E-state index contributed by atoms with van der Waals surface area (Å²) >= 11 is 0. The molecule has 3 aromatic carbocycles. The van der Waals surface area contributed by atoms with Crippen molar-refractivity contribution in [2.75, 3.05) is 13.7 Å². The average molecular weight is 531 g/mol. The number of hydrogen-bond acceptors (Lipinski definition) is 6. The Kier molecular flexibility index (Phi) is 8.20. The van der Waals surface area contributed by atoms with Crippen LogP contribution in [0.3, 0.4) is 0 Å². The molecule has 0 saturated heterocycles. The van der Waals surface area contributed by atoms with Gasteiger partial charge in [-0.05, 0) is 48.7 Å². The Bertz CT molecular complexity index is 1290. The van der Waals surface area contributed by atoms with Gasteiger partial charge in [-0.1, -0.05) is 61.7 Å². The van der Waals surface area contributed by atoms with E-state index in [4.69, 9.17) is 14.2 Å². The van der Waals surface area contributed by atoms with Crippen LogP contribution in [0.2, 0.25) is 0 Å². The molecule has 2 N–H and O–H groups in total. The standard InChI is InChI=1S/C31H34N2O6/c1-37-25-12-6-5-9-22(25)19-33(31(36)28-20-38-26-13-7-8-14-27(26)39-28)29(21-15-17-24(34)18-16-21)30(35)32-23-10-3-2-4-11-23/h5-9,12-18,23,28-29,34H,2-4,10-11,19-20H2,1H3,(H,32,35)/t28-,29-/m1/s1. The number of rotatable bonds is 8. The smallest absolute Gasteiger partial charge is 0.268 e. The summed E-state index contributed by atoms with van der Waals surface area (Å²) in [6, 6.07) is 20.1. The van der Waals surface area contributed by atoms with Crippen LogP contribution in [0, 0.1) is 0 Å². The second-order valence-corrected chi connectivity index (χ2v) is 9.98. The lowest BCUT2D eigenvalue weighted by atomic mass is 9.94. The molecule has 2 amide bonds. The quantitative estimate of drug-likeness (QED) is 0.436. The van der Waals surface area contributed by atoms with E-state index in [0.29, 0.717) is 22.8 Å². The molecule has 8 nitrogen and oxygen atoms in total. The molecule has 1 aliphatic carbocycles. The van der Waals surface area contributed by atoms with E-state index in [0.717, 1.165) is 37.7 Å². The molecule has 1 saturated carbocycles. The van der Waals surface area contributed by atoms with Crippen LogP contribution in [0.1, 0.15) is 49.3 Å². The topological polar surface area (TPSA) is 97.3 Å². The Morgan fingerprint density at radius 2 is 1.67 bits per heavy atom. The van der Waals surface area contributed by atoms with Gasteiger partial charge in [0.25, 0.3) is 5.91 Å². The predicted octanol–water partition coefficient (Wildman–Crippen LogP) is 4.76. The van der Waals surface area contributed by atoms with Crippen molar-refractivity contribution in [3.8, 4) is 23.0 Å². The lowest BCUT2D eigenvalue weighted by Crippen LogP contribution is -2.52. The summed E-state index contributed by atoms with van der Waals surface area (Å²) in [4.78, 5) is 29.8. The van der Waals surface area contributed by atoms with Crippen molar-refractivity contribution >= 4 is 11.8 Å². The number of nitrogens with one attached hydrogen (secondary N) is 1. The Labute approximate surface area is 228 Å². The molecule has 3 aromatic rings. The number of amides is 2. The molecule has 5 rings (SSSR count). The first-order valence-corrected chi connectivity index (χ1v) is 13.4. The Balaban J connectivity index is 1.52. The molecule has 0 spiro atoms. The monoisotopic (exact) mass is 530 g/mol. The lowest BCUT2D eigenvalue weighted by Gasteiger charge is -2.36. The summed E-state index contributed by atoms with van der Waals surface area (Å²) in [5.74, 6) is 1.09. The number of fused-ring (bicyclic) bond motifs is 1. The molecule has 8 heteroatoms. The number of carbonyl (C=O) groups excluding carboxylic acids is 2. The number of benzene rings is 3. The van der Waals surface area contributed by atoms with Crippen molar-refractivity contribution in [2.24, 2.45) is 0 Å². The van der Waals surface area contributed by atoms with E-state index in [2.05, 4.69) is 5.32 Å². The zero-order valence-corrected chi connectivity index (χ0v) is 22.0. The molecule has 2 atom stereocenters. The van der Waals surface area contributed by atoms with Gasteiger partial charge in [-0.3, -0.25) is 9.59 Å². The summed E-state index contributed by atoms with van der Waals surface area (Å²) < 4.78 is 17.5. The van der Waals surface area contributed by atoms with Gasteiger partial charge < -0.3 is 29.5 Å². The summed E-state index contributed by atoms with van der Waals surface area (Å²) in [5, 5.41) is 13.2. The number of ether oxygens (including phenoxy) is 3. The van der Waals surface area contributed by atoms with Gasteiger partial charge in [-0.25, -0.2) is 0 Å².